The van der Waals surface area contributed by atoms with Crippen LogP contribution >= 0.6 is 0 Å². The number of benzene rings is 2. The Morgan fingerprint density at radius 2 is 1.52 bits per heavy atom. The summed E-state index contributed by atoms with van der Waals surface area (Å²) in [6, 6.07) is 13.9. The molecule has 0 amide bonds. The van der Waals surface area contributed by atoms with Crippen LogP contribution in [0.25, 0.3) is 0 Å². The number of fused-ring (bicyclic) bond motifs is 2. The van der Waals surface area contributed by atoms with E-state index in [-0.39, 0.29) is 5.78 Å². The van der Waals surface area contributed by atoms with E-state index in [0.29, 0.717) is 0 Å². The summed E-state index contributed by atoms with van der Waals surface area (Å²) in [6.45, 7) is 3.27. The molecule has 2 aliphatic rings. The number of carbonyl (C=O) groups excluding carboxylic acids is 1. The molecule has 0 aromatic heterocycles. The van der Waals surface area contributed by atoms with Gasteiger partial charge in [0.2, 0.25) is 0 Å². The van der Waals surface area contributed by atoms with Crippen molar-refractivity contribution in [1.29, 1.82) is 0 Å². The quantitative estimate of drug-likeness (QED) is 0.740. The Hall–Kier alpha value is -2.29. The fourth-order valence-electron chi connectivity index (χ4n) is 2.88. The predicted octanol–water partition coefficient (Wildman–Crippen LogP) is 4.23. The molecule has 2 aromatic carbocycles. The normalized spacial score (nSPS) is 15.0. The topological polar surface area (TPSA) is 35.5 Å². The summed E-state index contributed by atoms with van der Waals surface area (Å²) in [5, 5.41) is 0. The zero-order valence-electron chi connectivity index (χ0n) is 13.5. The van der Waals surface area contributed by atoms with Gasteiger partial charge in [-0.05, 0) is 68.0 Å². The molecular formula is C20H22O3. The maximum absolute atomic E-state index is 11.1. The molecule has 0 radical (unpaired) electrons. The molecule has 0 unspecified atom stereocenters. The first-order chi connectivity index (χ1) is 11.2. The maximum atomic E-state index is 11.1. The number of carbonyl (C=O) groups is 1. The fourth-order valence-corrected chi connectivity index (χ4v) is 2.88. The van der Waals surface area contributed by atoms with Crippen LogP contribution in [0.5, 0.6) is 11.5 Å². The van der Waals surface area contributed by atoms with Gasteiger partial charge in [-0.2, -0.15) is 0 Å². The first-order valence-electron chi connectivity index (χ1n) is 8.21. The zero-order chi connectivity index (χ0) is 16.1. The average molecular weight is 310 g/mol. The maximum Gasteiger partial charge on any atom is 0.159 e. The highest BCUT2D eigenvalue weighted by molar-refractivity contribution is 5.94. The van der Waals surface area contributed by atoms with Gasteiger partial charge in [0, 0.05) is 5.56 Å². The van der Waals surface area contributed by atoms with Crippen LogP contribution in [0.3, 0.4) is 0 Å². The second-order valence-electron chi connectivity index (χ2n) is 5.89. The Bertz CT molecular complexity index is 666. The van der Waals surface area contributed by atoms with E-state index >= 15 is 0 Å². The molecule has 0 atom stereocenters. The van der Waals surface area contributed by atoms with Gasteiger partial charge < -0.3 is 9.47 Å². The van der Waals surface area contributed by atoms with Crippen molar-refractivity contribution in [3.8, 4) is 11.5 Å². The molecule has 0 spiro atoms. The number of rotatable bonds is 1. The summed E-state index contributed by atoms with van der Waals surface area (Å²) < 4.78 is 10.9. The number of ketones is 1. The second kappa shape index (κ2) is 7.32. The summed E-state index contributed by atoms with van der Waals surface area (Å²) >= 11 is 0. The summed E-state index contributed by atoms with van der Waals surface area (Å²) in [5.74, 6) is 2.14. The van der Waals surface area contributed by atoms with Crippen LogP contribution in [-0.4, -0.2) is 19.0 Å². The third kappa shape index (κ3) is 3.92. The van der Waals surface area contributed by atoms with Crippen molar-refractivity contribution in [2.75, 3.05) is 13.2 Å². The molecule has 0 saturated carbocycles. The Balaban J connectivity index is 0.000000140. The lowest BCUT2D eigenvalue weighted by atomic mass is 10.0. The van der Waals surface area contributed by atoms with Gasteiger partial charge >= 0.3 is 0 Å². The standard InChI is InChI=1S/C11H12O2.C9H10O/c1-8(12)9-4-5-11-10(7-9)3-2-6-13-11;1-2-6-9-8(4-1)5-3-7-10-9/h4-5,7H,2-3,6H2,1H3;1-2,4,6H,3,5,7H2. The molecule has 0 aliphatic carbocycles. The van der Waals surface area contributed by atoms with Crippen LogP contribution in [0, 0.1) is 0 Å². The Labute approximate surface area is 137 Å². The molecule has 120 valence electrons. The van der Waals surface area contributed by atoms with Crippen molar-refractivity contribution in [3.05, 3.63) is 59.2 Å². The van der Waals surface area contributed by atoms with E-state index in [2.05, 4.69) is 12.1 Å². The molecule has 2 aromatic rings. The largest absolute Gasteiger partial charge is 0.493 e. The SMILES string of the molecule is CC(=O)c1ccc2c(c1)CCCO2.c1ccc2c(c1)CCCO2. The fraction of sp³-hybridized carbons (Fsp3) is 0.350. The molecule has 0 fully saturated rings. The minimum absolute atomic E-state index is 0.119. The van der Waals surface area contributed by atoms with Crippen LogP contribution < -0.4 is 9.47 Å². The van der Waals surface area contributed by atoms with Crippen molar-refractivity contribution in [2.45, 2.75) is 32.6 Å². The van der Waals surface area contributed by atoms with Crippen molar-refractivity contribution in [3.63, 3.8) is 0 Å². The van der Waals surface area contributed by atoms with Gasteiger partial charge in [0.15, 0.2) is 5.78 Å². The third-order valence-electron chi connectivity index (χ3n) is 4.14. The molecule has 0 saturated heterocycles. The van der Waals surface area contributed by atoms with Crippen LogP contribution in [0.4, 0.5) is 0 Å². The highest BCUT2D eigenvalue weighted by Crippen LogP contribution is 2.25. The molecular weight excluding hydrogens is 288 g/mol. The van der Waals surface area contributed by atoms with Gasteiger partial charge in [-0.15, -0.1) is 0 Å². The first-order valence-corrected chi connectivity index (χ1v) is 8.21. The van der Waals surface area contributed by atoms with Gasteiger partial charge in [0.25, 0.3) is 0 Å². The van der Waals surface area contributed by atoms with Gasteiger partial charge in [0.05, 0.1) is 13.2 Å². The molecule has 23 heavy (non-hydrogen) atoms. The monoisotopic (exact) mass is 310 g/mol. The third-order valence-corrected chi connectivity index (χ3v) is 4.14. The van der Waals surface area contributed by atoms with Crippen molar-refractivity contribution >= 4 is 5.78 Å². The van der Waals surface area contributed by atoms with E-state index in [1.165, 1.54) is 17.5 Å². The first kappa shape index (κ1) is 15.6. The van der Waals surface area contributed by atoms with Crippen molar-refractivity contribution < 1.29 is 14.3 Å². The van der Waals surface area contributed by atoms with E-state index in [1.807, 2.05) is 30.3 Å². The number of hydrogen-bond acceptors (Lipinski definition) is 3. The summed E-state index contributed by atoms with van der Waals surface area (Å²) in [7, 11) is 0. The second-order valence-corrected chi connectivity index (χ2v) is 5.89. The number of aryl methyl sites for hydroxylation is 2. The van der Waals surface area contributed by atoms with E-state index in [1.54, 1.807) is 6.92 Å². The average Bonchev–Trinajstić information content (AvgIpc) is 2.62. The molecule has 0 bridgehead atoms. The minimum Gasteiger partial charge on any atom is -0.493 e. The van der Waals surface area contributed by atoms with Crippen LogP contribution in [-0.2, 0) is 12.8 Å². The lowest BCUT2D eigenvalue weighted by molar-refractivity contribution is 0.101. The minimum atomic E-state index is 0.119. The van der Waals surface area contributed by atoms with Gasteiger partial charge in [-0.1, -0.05) is 18.2 Å². The molecule has 0 N–H and O–H groups in total. The van der Waals surface area contributed by atoms with E-state index in [4.69, 9.17) is 9.47 Å². The lowest BCUT2D eigenvalue weighted by Gasteiger charge is -2.17. The van der Waals surface area contributed by atoms with Gasteiger partial charge in [-0.25, -0.2) is 0 Å². The Morgan fingerprint density at radius 1 is 0.870 bits per heavy atom. The Morgan fingerprint density at radius 3 is 2.22 bits per heavy atom. The highest BCUT2D eigenvalue weighted by Gasteiger charge is 2.11. The van der Waals surface area contributed by atoms with E-state index in [9.17, 15) is 4.79 Å². The number of Topliss-reactive ketones (excluding diaryl/α,β-unsaturated/α-hetero) is 1. The predicted molar refractivity (Wildman–Crippen MR) is 90.5 cm³/mol. The van der Waals surface area contributed by atoms with Gasteiger partial charge in [-0.3, -0.25) is 4.79 Å². The number of para-hydroxylation sites is 1. The van der Waals surface area contributed by atoms with Crippen LogP contribution in [0.2, 0.25) is 0 Å². The van der Waals surface area contributed by atoms with E-state index in [0.717, 1.165) is 49.5 Å². The van der Waals surface area contributed by atoms with E-state index < -0.39 is 0 Å². The van der Waals surface area contributed by atoms with Crippen LogP contribution in [0.15, 0.2) is 42.5 Å². The van der Waals surface area contributed by atoms with Crippen molar-refractivity contribution in [2.24, 2.45) is 0 Å². The van der Waals surface area contributed by atoms with Crippen molar-refractivity contribution in [1.82, 2.24) is 0 Å². The molecule has 2 aliphatic heterocycles. The molecule has 3 nitrogen and oxygen atoms in total. The summed E-state index contributed by atoms with van der Waals surface area (Å²) in [5.41, 5.74) is 3.30. The van der Waals surface area contributed by atoms with Gasteiger partial charge in [0.1, 0.15) is 11.5 Å². The molecule has 2 heterocycles. The number of hydrogen-bond donors (Lipinski definition) is 0. The zero-order valence-corrected chi connectivity index (χ0v) is 13.5. The Kier molecular flexibility index (Phi) is 4.96. The number of ether oxygens (including phenoxy) is 2. The summed E-state index contributed by atoms with van der Waals surface area (Å²) in [4.78, 5) is 11.1. The highest BCUT2D eigenvalue weighted by atomic mass is 16.5. The smallest absolute Gasteiger partial charge is 0.159 e. The summed E-state index contributed by atoms with van der Waals surface area (Å²) in [6.07, 6.45) is 4.41. The van der Waals surface area contributed by atoms with Crippen LogP contribution in [0.1, 0.15) is 41.3 Å². The lowest BCUT2D eigenvalue weighted by Crippen LogP contribution is -2.09. The molecule has 3 heteroatoms. The molecule has 4 rings (SSSR count).